The Kier molecular flexibility index (Phi) is 4.38. The van der Waals surface area contributed by atoms with Crippen molar-refractivity contribution >= 4 is 21.2 Å². The van der Waals surface area contributed by atoms with Gasteiger partial charge in [0.2, 0.25) is 9.84 Å². The summed E-state index contributed by atoms with van der Waals surface area (Å²) in [6.45, 7) is 1.92. The van der Waals surface area contributed by atoms with Crippen LogP contribution in [0.1, 0.15) is 5.56 Å². The highest BCUT2D eigenvalue weighted by Crippen LogP contribution is 2.32. The van der Waals surface area contributed by atoms with Crippen molar-refractivity contribution in [3.05, 3.63) is 84.4 Å². The van der Waals surface area contributed by atoms with Crippen LogP contribution in [0.5, 0.6) is 0 Å². The first-order valence-electron chi connectivity index (χ1n) is 7.51. The van der Waals surface area contributed by atoms with Crippen molar-refractivity contribution in [3.8, 4) is 0 Å². The van der Waals surface area contributed by atoms with Gasteiger partial charge in [-0.3, -0.25) is 5.01 Å². The molecule has 2 N–H and O–H groups in total. The predicted octanol–water partition coefficient (Wildman–Crippen LogP) is 3.84. The third kappa shape index (κ3) is 3.04. The van der Waals surface area contributed by atoms with Gasteiger partial charge in [0.05, 0.1) is 21.2 Å². The summed E-state index contributed by atoms with van der Waals surface area (Å²) in [7, 11) is -3.66. The summed E-state index contributed by atoms with van der Waals surface area (Å²) in [4.78, 5) is 0.433. The molecule has 0 aliphatic rings. The van der Waals surface area contributed by atoms with E-state index < -0.39 is 9.84 Å². The Bertz CT molecular complexity index is 937. The zero-order valence-corrected chi connectivity index (χ0v) is 14.1. The van der Waals surface area contributed by atoms with Crippen LogP contribution in [0.4, 0.5) is 11.4 Å². The largest absolute Gasteiger partial charge is 0.278 e. The van der Waals surface area contributed by atoms with Crippen LogP contribution in [0.25, 0.3) is 0 Å². The number of sulfone groups is 1. The molecule has 0 heterocycles. The lowest BCUT2D eigenvalue weighted by molar-refractivity contribution is 0.596. The third-order valence-corrected chi connectivity index (χ3v) is 5.60. The molecule has 0 unspecified atom stereocenters. The topological polar surface area (TPSA) is 63.4 Å². The second-order valence-corrected chi connectivity index (χ2v) is 7.41. The van der Waals surface area contributed by atoms with E-state index in [4.69, 9.17) is 5.84 Å². The number of benzene rings is 3. The van der Waals surface area contributed by atoms with Crippen LogP contribution in [0, 0.1) is 6.92 Å². The standard InChI is InChI=1S/C19H18N2O2S/c1-15-11-13-17(14-12-15)24(22,23)19-10-6-5-9-18(19)21(20)16-7-3-2-4-8-16/h2-14H,20H2,1H3. The third-order valence-electron chi connectivity index (χ3n) is 3.78. The molecule has 0 aromatic heterocycles. The van der Waals surface area contributed by atoms with Gasteiger partial charge in [0, 0.05) is 0 Å². The number of hydrogen-bond acceptors (Lipinski definition) is 4. The minimum atomic E-state index is -3.66. The molecule has 0 fully saturated rings. The van der Waals surface area contributed by atoms with E-state index in [9.17, 15) is 8.42 Å². The molecule has 3 aromatic rings. The quantitative estimate of drug-likeness (QED) is 0.580. The van der Waals surface area contributed by atoms with Crippen molar-refractivity contribution in [3.63, 3.8) is 0 Å². The number of nitrogens with zero attached hydrogens (tertiary/aromatic N) is 1. The van der Waals surface area contributed by atoms with E-state index in [1.165, 1.54) is 5.01 Å². The molecular formula is C19H18N2O2S. The Morgan fingerprint density at radius 3 is 2.04 bits per heavy atom. The fraction of sp³-hybridized carbons (Fsp3) is 0.0526. The molecule has 3 rings (SSSR count). The smallest absolute Gasteiger partial charge is 0.208 e. The van der Waals surface area contributed by atoms with Crippen LogP contribution >= 0.6 is 0 Å². The van der Waals surface area contributed by atoms with Crippen molar-refractivity contribution in [1.29, 1.82) is 0 Å². The number of para-hydroxylation sites is 2. The maximum Gasteiger partial charge on any atom is 0.208 e. The lowest BCUT2D eigenvalue weighted by atomic mass is 10.2. The average Bonchev–Trinajstić information content (AvgIpc) is 2.62. The van der Waals surface area contributed by atoms with E-state index in [0.29, 0.717) is 11.4 Å². The summed E-state index contributed by atoms with van der Waals surface area (Å²) >= 11 is 0. The molecule has 0 spiro atoms. The van der Waals surface area contributed by atoms with Crippen LogP contribution in [0.15, 0.2) is 88.7 Å². The first kappa shape index (κ1) is 16.2. The molecule has 4 nitrogen and oxygen atoms in total. The van der Waals surface area contributed by atoms with Crippen molar-refractivity contribution in [2.24, 2.45) is 5.84 Å². The van der Waals surface area contributed by atoms with Crippen molar-refractivity contribution < 1.29 is 8.42 Å². The van der Waals surface area contributed by atoms with Gasteiger partial charge in [0.25, 0.3) is 0 Å². The number of rotatable bonds is 4. The molecule has 0 radical (unpaired) electrons. The number of nitrogens with two attached hydrogens (primary N) is 1. The summed E-state index contributed by atoms with van der Waals surface area (Å²) in [5.41, 5.74) is 2.15. The molecule has 0 bridgehead atoms. The van der Waals surface area contributed by atoms with Gasteiger partial charge in [-0.1, -0.05) is 48.0 Å². The Morgan fingerprint density at radius 1 is 0.792 bits per heavy atom. The summed E-state index contributed by atoms with van der Waals surface area (Å²) < 4.78 is 26.0. The van der Waals surface area contributed by atoms with Crippen molar-refractivity contribution in [2.75, 3.05) is 5.01 Å². The first-order valence-corrected chi connectivity index (χ1v) is 8.99. The Hall–Kier alpha value is -2.63. The van der Waals surface area contributed by atoms with Gasteiger partial charge >= 0.3 is 0 Å². The number of anilines is 2. The number of hydrogen-bond donors (Lipinski definition) is 1. The van der Waals surface area contributed by atoms with Gasteiger partial charge in [-0.2, -0.15) is 0 Å². The first-order chi connectivity index (χ1) is 11.5. The molecule has 0 saturated heterocycles. The van der Waals surface area contributed by atoms with E-state index in [1.807, 2.05) is 37.3 Å². The van der Waals surface area contributed by atoms with Gasteiger partial charge < -0.3 is 0 Å². The van der Waals surface area contributed by atoms with E-state index in [-0.39, 0.29) is 9.79 Å². The van der Waals surface area contributed by atoms with E-state index >= 15 is 0 Å². The SMILES string of the molecule is Cc1ccc(S(=O)(=O)c2ccccc2N(N)c2ccccc2)cc1. The van der Waals surface area contributed by atoms with E-state index in [0.717, 1.165) is 5.56 Å². The summed E-state index contributed by atoms with van der Waals surface area (Å²) in [5, 5.41) is 1.39. The Labute approximate surface area is 142 Å². The maximum atomic E-state index is 13.0. The Balaban J connectivity index is 2.11. The Morgan fingerprint density at radius 2 is 1.38 bits per heavy atom. The molecule has 122 valence electrons. The fourth-order valence-corrected chi connectivity index (χ4v) is 3.90. The predicted molar refractivity (Wildman–Crippen MR) is 95.8 cm³/mol. The van der Waals surface area contributed by atoms with Crippen LogP contribution < -0.4 is 10.9 Å². The second kappa shape index (κ2) is 6.47. The molecule has 3 aromatic carbocycles. The van der Waals surface area contributed by atoms with Crippen LogP contribution in [0.3, 0.4) is 0 Å². The normalized spacial score (nSPS) is 11.2. The highest BCUT2D eigenvalue weighted by molar-refractivity contribution is 7.91. The number of aryl methyl sites for hydroxylation is 1. The van der Waals surface area contributed by atoms with Crippen molar-refractivity contribution in [2.45, 2.75) is 16.7 Å². The molecule has 0 aliphatic heterocycles. The fourth-order valence-electron chi connectivity index (χ4n) is 2.46. The van der Waals surface area contributed by atoms with Gasteiger partial charge in [-0.15, -0.1) is 0 Å². The summed E-state index contributed by atoms with van der Waals surface area (Å²) in [6.07, 6.45) is 0. The summed E-state index contributed by atoms with van der Waals surface area (Å²) in [6, 6.07) is 22.8. The van der Waals surface area contributed by atoms with Gasteiger partial charge in [-0.25, -0.2) is 14.3 Å². The molecule has 0 aliphatic carbocycles. The monoisotopic (exact) mass is 338 g/mol. The van der Waals surface area contributed by atoms with Crippen LogP contribution in [-0.4, -0.2) is 8.42 Å². The molecule has 24 heavy (non-hydrogen) atoms. The van der Waals surface area contributed by atoms with Gasteiger partial charge in [0.1, 0.15) is 0 Å². The van der Waals surface area contributed by atoms with E-state index in [1.54, 1.807) is 48.5 Å². The lowest BCUT2D eigenvalue weighted by Crippen LogP contribution is -2.26. The van der Waals surface area contributed by atoms with Crippen LogP contribution in [-0.2, 0) is 9.84 Å². The van der Waals surface area contributed by atoms with Crippen molar-refractivity contribution in [1.82, 2.24) is 0 Å². The minimum absolute atomic E-state index is 0.181. The molecule has 0 saturated carbocycles. The number of hydrazine groups is 1. The van der Waals surface area contributed by atoms with Crippen LogP contribution in [0.2, 0.25) is 0 Å². The van der Waals surface area contributed by atoms with Gasteiger partial charge in [0.15, 0.2) is 0 Å². The highest BCUT2D eigenvalue weighted by atomic mass is 32.2. The average molecular weight is 338 g/mol. The maximum absolute atomic E-state index is 13.0. The molecule has 0 atom stereocenters. The molecule has 5 heteroatoms. The minimum Gasteiger partial charge on any atom is -0.278 e. The highest BCUT2D eigenvalue weighted by Gasteiger charge is 2.23. The molecule has 0 amide bonds. The van der Waals surface area contributed by atoms with Gasteiger partial charge in [-0.05, 0) is 43.3 Å². The molecular weight excluding hydrogens is 320 g/mol. The second-order valence-electron chi connectivity index (χ2n) is 5.49. The lowest BCUT2D eigenvalue weighted by Gasteiger charge is -2.21. The zero-order chi connectivity index (χ0) is 17.2. The zero-order valence-electron chi connectivity index (χ0n) is 13.3. The summed E-state index contributed by atoms with van der Waals surface area (Å²) in [5.74, 6) is 6.18. The van der Waals surface area contributed by atoms with E-state index in [2.05, 4.69) is 0 Å².